The van der Waals surface area contributed by atoms with Gasteiger partial charge in [0, 0.05) is 31.0 Å². The molecule has 6 rings (SSSR count). The van der Waals surface area contributed by atoms with Crippen molar-refractivity contribution in [3.63, 3.8) is 0 Å². The number of amides is 1. The average Bonchev–Trinajstić information content (AvgIpc) is 3.66. The Bertz CT molecular complexity index is 1620. The molecule has 10 heteroatoms. The number of esters is 1. The van der Waals surface area contributed by atoms with Gasteiger partial charge < -0.3 is 14.7 Å². The standard InChI is InChI=1S/C44H72N2O7S/c1-28(2)30-15-20-44(24-35(47)46-23-11-12-29(46)27-45-54(10,51)52)22-21-42(8)31(38(30)44)13-14-33-41(7)18-17-34(40(5,6)32(41)16-19-43(33,42)9)53-37(50)26-39(3,4)25-36(48)49/h29-34,38,45H,1,11-27H2,2-10H3,(H,48,49)/t29-,30-,31+,32-,33+,34-,38+,41-,42+,43+,44?/m0/s1. The van der Waals surface area contributed by atoms with Gasteiger partial charge in [-0.15, -0.1) is 0 Å². The Hall–Kier alpha value is -1.94. The molecule has 9 nitrogen and oxygen atoms in total. The lowest BCUT2D eigenvalue weighted by atomic mass is 9.32. The predicted octanol–water partition coefficient (Wildman–Crippen LogP) is 8.38. The minimum Gasteiger partial charge on any atom is -0.481 e. The molecule has 1 saturated heterocycles. The van der Waals surface area contributed by atoms with Gasteiger partial charge in [0.05, 0.1) is 19.1 Å². The van der Waals surface area contributed by atoms with E-state index in [1.165, 1.54) is 24.7 Å². The van der Waals surface area contributed by atoms with Gasteiger partial charge in [0.15, 0.2) is 0 Å². The number of likely N-dealkylation sites (tertiary alicyclic amines) is 1. The Balaban J connectivity index is 1.22. The number of nitrogens with one attached hydrogen (secondary N) is 1. The first-order valence-corrected chi connectivity index (χ1v) is 23.1. The third kappa shape index (κ3) is 7.12. The van der Waals surface area contributed by atoms with E-state index >= 15 is 0 Å². The summed E-state index contributed by atoms with van der Waals surface area (Å²) in [5, 5.41) is 9.36. The van der Waals surface area contributed by atoms with Crippen LogP contribution in [0, 0.1) is 62.1 Å². The number of nitrogens with zero attached hydrogens (tertiary/aromatic N) is 1. The lowest BCUT2D eigenvalue weighted by Gasteiger charge is -2.73. The van der Waals surface area contributed by atoms with Crippen LogP contribution >= 0.6 is 0 Å². The minimum atomic E-state index is -3.33. The summed E-state index contributed by atoms with van der Waals surface area (Å²) in [7, 11) is -3.33. The molecular formula is C44H72N2O7S. The zero-order valence-electron chi connectivity index (χ0n) is 35.0. The third-order valence-corrected chi connectivity index (χ3v) is 18.2. The molecule has 0 aromatic rings. The van der Waals surface area contributed by atoms with Crippen LogP contribution in [0.3, 0.4) is 0 Å². The number of carbonyl (C=O) groups excluding carboxylic acids is 2. The van der Waals surface area contributed by atoms with Crippen molar-refractivity contribution >= 4 is 27.9 Å². The van der Waals surface area contributed by atoms with Crippen molar-refractivity contribution in [3.8, 4) is 0 Å². The van der Waals surface area contributed by atoms with E-state index in [0.717, 1.165) is 64.2 Å². The van der Waals surface area contributed by atoms with Crippen molar-refractivity contribution in [2.45, 2.75) is 164 Å². The maximum absolute atomic E-state index is 14.3. The van der Waals surface area contributed by atoms with Gasteiger partial charge in [-0.3, -0.25) is 14.4 Å². The van der Waals surface area contributed by atoms with Crippen LogP contribution in [0.1, 0.15) is 152 Å². The molecule has 5 aliphatic carbocycles. The molecule has 0 aromatic carbocycles. The van der Waals surface area contributed by atoms with Crippen LogP contribution in [-0.4, -0.2) is 67.8 Å². The molecule has 6 aliphatic rings. The Morgan fingerprint density at radius 1 is 0.889 bits per heavy atom. The number of carbonyl (C=O) groups is 3. The van der Waals surface area contributed by atoms with E-state index < -0.39 is 21.4 Å². The fourth-order valence-electron chi connectivity index (χ4n) is 14.9. The summed E-state index contributed by atoms with van der Waals surface area (Å²) in [6.07, 6.45) is 14.2. The number of carboxylic acid groups (broad SMARTS) is 1. The monoisotopic (exact) mass is 773 g/mol. The normalized spacial score (nSPS) is 41.6. The van der Waals surface area contributed by atoms with Gasteiger partial charge in [-0.05, 0) is 141 Å². The van der Waals surface area contributed by atoms with Crippen molar-refractivity contribution in [1.82, 2.24) is 9.62 Å². The summed E-state index contributed by atoms with van der Waals surface area (Å²) < 4.78 is 32.8. The van der Waals surface area contributed by atoms with Crippen LogP contribution in [0.2, 0.25) is 0 Å². The number of allylic oxidation sites excluding steroid dienone is 1. The number of carboxylic acids is 1. The zero-order chi connectivity index (χ0) is 39.9. The molecule has 1 aliphatic heterocycles. The average molecular weight is 773 g/mol. The van der Waals surface area contributed by atoms with E-state index in [-0.39, 0.29) is 63.9 Å². The van der Waals surface area contributed by atoms with Gasteiger partial charge in [-0.25, -0.2) is 13.1 Å². The maximum atomic E-state index is 14.3. The second-order valence-corrected chi connectivity index (χ2v) is 23.3. The molecule has 0 bridgehead atoms. The highest BCUT2D eigenvalue weighted by Crippen LogP contribution is 2.78. The Kier molecular flexibility index (Phi) is 10.9. The number of sulfonamides is 1. The topological polar surface area (TPSA) is 130 Å². The van der Waals surface area contributed by atoms with Gasteiger partial charge >= 0.3 is 11.9 Å². The molecule has 1 heterocycles. The summed E-state index contributed by atoms with van der Waals surface area (Å²) >= 11 is 0. The number of hydrogen-bond donors (Lipinski definition) is 2. The van der Waals surface area contributed by atoms with Crippen LogP contribution < -0.4 is 4.72 Å². The number of rotatable bonds is 11. The summed E-state index contributed by atoms with van der Waals surface area (Å²) in [5.41, 5.74) is 0.776. The predicted molar refractivity (Wildman–Crippen MR) is 212 cm³/mol. The first-order chi connectivity index (χ1) is 24.9. The van der Waals surface area contributed by atoms with E-state index in [4.69, 9.17) is 4.74 Å². The third-order valence-electron chi connectivity index (χ3n) is 17.5. The van der Waals surface area contributed by atoms with Crippen LogP contribution in [0.5, 0.6) is 0 Å². The maximum Gasteiger partial charge on any atom is 0.306 e. The van der Waals surface area contributed by atoms with E-state index in [9.17, 15) is 27.9 Å². The minimum absolute atomic E-state index is 0.0461. The number of hydrogen-bond acceptors (Lipinski definition) is 6. The smallest absolute Gasteiger partial charge is 0.306 e. The largest absolute Gasteiger partial charge is 0.481 e. The molecular weight excluding hydrogens is 701 g/mol. The van der Waals surface area contributed by atoms with Gasteiger partial charge in [0.25, 0.3) is 0 Å². The molecule has 6 fully saturated rings. The van der Waals surface area contributed by atoms with Crippen LogP contribution in [-0.2, 0) is 29.1 Å². The molecule has 1 amide bonds. The molecule has 1 unspecified atom stereocenters. The van der Waals surface area contributed by atoms with Gasteiger partial charge in [-0.2, -0.15) is 0 Å². The molecule has 0 spiro atoms. The first kappa shape index (κ1) is 41.7. The van der Waals surface area contributed by atoms with Crippen molar-refractivity contribution in [2.24, 2.45) is 62.1 Å². The fourth-order valence-corrected chi connectivity index (χ4v) is 15.4. The Morgan fingerprint density at radius 2 is 1.59 bits per heavy atom. The lowest BCUT2D eigenvalue weighted by molar-refractivity contribution is -0.250. The number of fused-ring (bicyclic) bond motifs is 7. The highest BCUT2D eigenvalue weighted by molar-refractivity contribution is 7.88. The second kappa shape index (κ2) is 14.2. The van der Waals surface area contributed by atoms with E-state index in [1.54, 1.807) is 0 Å². The second-order valence-electron chi connectivity index (χ2n) is 21.5. The van der Waals surface area contributed by atoms with Gasteiger partial charge in [0.2, 0.25) is 15.9 Å². The highest BCUT2D eigenvalue weighted by Gasteiger charge is 2.71. The van der Waals surface area contributed by atoms with Crippen molar-refractivity contribution in [3.05, 3.63) is 12.2 Å². The molecule has 0 aromatic heterocycles. The van der Waals surface area contributed by atoms with Crippen LogP contribution in [0.25, 0.3) is 0 Å². The van der Waals surface area contributed by atoms with E-state index in [0.29, 0.717) is 49.1 Å². The molecule has 2 N–H and O–H groups in total. The summed E-state index contributed by atoms with van der Waals surface area (Å²) in [4.78, 5) is 41.0. The fraction of sp³-hybridized carbons (Fsp3) is 0.886. The highest BCUT2D eigenvalue weighted by atomic mass is 32.2. The van der Waals surface area contributed by atoms with E-state index in [1.807, 2.05) is 18.7 Å². The summed E-state index contributed by atoms with van der Waals surface area (Å²) in [6, 6.07) is -0.0776. The number of ether oxygens (including phenoxy) is 1. The van der Waals surface area contributed by atoms with Gasteiger partial charge in [-0.1, -0.05) is 60.6 Å². The van der Waals surface area contributed by atoms with E-state index in [2.05, 4.69) is 52.8 Å². The van der Waals surface area contributed by atoms with Crippen LogP contribution in [0.4, 0.5) is 0 Å². The molecule has 11 atom stereocenters. The molecule has 5 saturated carbocycles. The zero-order valence-corrected chi connectivity index (χ0v) is 35.8. The summed E-state index contributed by atoms with van der Waals surface area (Å²) in [5.74, 6) is 1.37. The summed E-state index contributed by atoms with van der Waals surface area (Å²) in [6.45, 7) is 23.9. The van der Waals surface area contributed by atoms with Crippen molar-refractivity contribution in [2.75, 3.05) is 19.3 Å². The quantitative estimate of drug-likeness (QED) is 0.159. The Morgan fingerprint density at radius 3 is 2.24 bits per heavy atom. The molecule has 0 radical (unpaired) electrons. The SMILES string of the molecule is C=C(C)[C@@H]1CCC2(CC(=O)N3CCC[C@H]3CNS(C)(=O)=O)CC[C@]3(C)[C@H](CC[C@@H]4[C@@]5(C)CC[C@H](OC(=O)CC(C)(C)CC(=O)O)C(C)(C)[C@@H]5CC[C@]43C)[C@@H]12. The van der Waals surface area contributed by atoms with Gasteiger partial charge in [0.1, 0.15) is 6.10 Å². The molecule has 54 heavy (non-hydrogen) atoms. The number of aliphatic carboxylic acids is 1. The van der Waals surface area contributed by atoms with Crippen molar-refractivity contribution in [1.29, 1.82) is 0 Å². The Labute approximate surface area is 326 Å². The molecule has 306 valence electrons. The van der Waals surface area contributed by atoms with Crippen molar-refractivity contribution < 1.29 is 32.6 Å². The first-order valence-electron chi connectivity index (χ1n) is 21.2. The lowest BCUT2D eigenvalue weighted by Crippen LogP contribution is -2.67. The van der Waals surface area contributed by atoms with Crippen LogP contribution in [0.15, 0.2) is 12.2 Å².